The van der Waals surface area contributed by atoms with E-state index in [9.17, 15) is 0 Å². The van der Waals surface area contributed by atoms with Crippen LogP contribution >= 0.6 is 0 Å². The molecule has 0 amide bonds. The van der Waals surface area contributed by atoms with Crippen LogP contribution in [0.4, 0.5) is 4.39 Å². The molecule has 0 saturated carbocycles. The van der Waals surface area contributed by atoms with E-state index >= 15 is 4.39 Å². The number of halogens is 1. The number of hydrogen-bond acceptors (Lipinski definition) is 4. The van der Waals surface area contributed by atoms with Gasteiger partial charge in [0, 0.05) is 12.2 Å². The highest BCUT2D eigenvalue weighted by Gasteiger charge is 2.24. The summed E-state index contributed by atoms with van der Waals surface area (Å²) in [5, 5.41) is 0. The number of ether oxygens (including phenoxy) is 4. The molecule has 0 radical (unpaired) electrons. The Morgan fingerprint density at radius 3 is 1.78 bits per heavy atom. The van der Waals surface area contributed by atoms with Crippen LogP contribution in [0.15, 0.2) is 66.7 Å². The predicted octanol–water partition coefficient (Wildman–Crippen LogP) is 11.8. The highest BCUT2D eigenvalue weighted by Crippen LogP contribution is 2.36. The SMILES string of the molecule is CCCCCCCCOc1ccc(-c2c(F)cccc2-c2ccc(OC(OCCCCC)[C@H](CC)OCCCCC)cc2)cc1. The number of rotatable bonds is 24. The minimum absolute atomic E-state index is 0.143. The Kier molecular flexibility index (Phi) is 17.7. The van der Waals surface area contributed by atoms with Gasteiger partial charge in [-0.2, -0.15) is 0 Å². The summed E-state index contributed by atoms with van der Waals surface area (Å²) in [6.45, 7) is 10.8. The second-order valence-corrected chi connectivity index (χ2v) is 11.9. The monoisotopic (exact) mass is 620 g/mol. The topological polar surface area (TPSA) is 36.9 Å². The van der Waals surface area contributed by atoms with Gasteiger partial charge in [0.2, 0.25) is 6.29 Å². The number of unbranched alkanes of at least 4 members (excludes halogenated alkanes) is 9. The fourth-order valence-electron chi connectivity index (χ4n) is 5.44. The standard InChI is InChI=1S/C40H57FO4/c1-5-9-12-13-14-17-29-42-34-25-23-33(24-26-34)39-36(19-18-20-37(39)41)32-21-27-35(28-22-32)45-40(44-31-16-11-7-3)38(8-4)43-30-15-10-6-2/h18-28,38,40H,5-17,29-31H2,1-4H3/t38-,40?/m0/s1. The van der Waals surface area contributed by atoms with E-state index in [0.717, 1.165) is 73.8 Å². The highest BCUT2D eigenvalue weighted by molar-refractivity contribution is 5.84. The van der Waals surface area contributed by atoms with Gasteiger partial charge in [0.1, 0.15) is 23.4 Å². The van der Waals surface area contributed by atoms with Crippen LogP contribution in [-0.2, 0) is 9.47 Å². The van der Waals surface area contributed by atoms with Crippen LogP contribution in [-0.4, -0.2) is 32.2 Å². The second-order valence-electron chi connectivity index (χ2n) is 11.9. The molecule has 0 aliphatic rings. The largest absolute Gasteiger partial charge is 0.494 e. The van der Waals surface area contributed by atoms with Crippen LogP contribution in [0.2, 0.25) is 0 Å². The van der Waals surface area contributed by atoms with Gasteiger partial charge >= 0.3 is 0 Å². The number of benzene rings is 3. The zero-order valence-corrected chi connectivity index (χ0v) is 28.3. The molecule has 0 aromatic heterocycles. The van der Waals surface area contributed by atoms with E-state index in [1.165, 1.54) is 38.2 Å². The maximum absolute atomic E-state index is 15.3. The van der Waals surface area contributed by atoms with Crippen LogP contribution in [0.1, 0.15) is 111 Å². The molecule has 3 aromatic carbocycles. The van der Waals surface area contributed by atoms with E-state index in [-0.39, 0.29) is 11.9 Å². The summed E-state index contributed by atoms with van der Waals surface area (Å²) in [5.41, 5.74) is 3.16. The van der Waals surface area contributed by atoms with E-state index in [0.29, 0.717) is 31.1 Å². The van der Waals surface area contributed by atoms with E-state index < -0.39 is 6.29 Å². The Labute approximate surface area is 272 Å². The summed E-state index contributed by atoms with van der Waals surface area (Å²) in [6.07, 6.45) is 14.2. The molecule has 0 spiro atoms. The minimum atomic E-state index is -0.481. The summed E-state index contributed by atoms with van der Waals surface area (Å²) >= 11 is 0. The van der Waals surface area contributed by atoms with Crippen molar-refractivity contribution in [1.29, 1.82) is 0 Å². The molecule has 248 valence electrons. The Hall–Kier alpha value is -2.89. The molecule has 0 N–H and O–H groups in total. The second kappa shape index (κ2) is 21.8. The normalized spacial score (nSPS) is 12.6. The molecule has 2 atom stereocenters. The quantitative estimate of drug-likeness (QED) is 0.0737. The van der Waals surface area contributed by atoms with Crippen LogP contribution in [0.25, 0.3) is 22.3 Å². The Balaban J connectivity index is 1.69. The number of hydrogen-bond donors (Lipinski definition) is 0. The molecule has 0 aliphatic carbocycles. The van der Waals surface area contributed by atoms with Gasteiger partial charge in [0.25, 0.3) is 0 Å². The molecule has 3 aromatic rings. The lowest BCUT2D eigenvalue weighted by Crippen LogP contribution is -2.36. The molecule has 0 bridgehead atoms. The third-order valence-electron chi connectivity index (χ3n) is 8.16. The van der Waals surface area contributed by atoms with Gasteiger partial charge in [-0.25, -0.2) is 4.39 Å². The zero-order valence-electron chi connectivity index (χ0n) is 28.3. The van der Waals surface area contributed by atoms with E-state index in [1.807, 2.05) is 54.6 Å². The molecule has 4 nitrogen and oxygen atoms in total. The summed E-state index contributed by atoms with van der Waals surface area (Å²) in [6, 6.07) is 20.9. The van der Waals surface area contributed by atoms with Gasteiger partial charge in [0.15, 0.2) is 0 Å². The van der Waals surface area contributed by atoms with Crippen molar-refractivity contribution < 1.29 is 23.3 Å². The molecule has 0 heterocycles. The van der Waals surface area contributed by atoms with Crippen LogP contribution < -0.4 is 9.47 Å². The Bertz CT molecular complexity index is 1180. The highest BCUT2D eigenvalue weighted by atomic mass is 19.1. The van der Waals surface area contributed by atoms with Gasteiger partial charge in [-0.05, 0) is 72.7 Å². The third-order valence-corrected chi connectivity index (χ3v) is 8.16. The molecule has 1 unspecified atom stereocenters. The van der Waals surface area contributed by atoms with Crippen LogP contribution in [0.3, 0.4) is 0 Å². The molecule has 5 heteroatoms. The van der Waals surface area contributed by atoms with Crippen molar-refractivity contribution in [1.82, 2.24) is 0 Å². The molecule has 0 aliphatic heterocycles. The lowest BCUT2D eigenvalue weighted by molar-refractivity contribution is -0.165. The average molecular weight is 621 g/mol. The smallest absolute Gasteiger partial charge is 0.226 e. The van der Waals surface area contributed by atoms with Crippen molar-refractivity contribution in [3.8, 4) is 33.8 Å². The van der Waals surface area contributed by atoms with Gasteiger partial charge in [-0.1, -0.05) is 122 Å². The van der Waals surface area contributed by atoms with E-state index in [4.69, 9.17) is 18.9 Å². The average Bonchev–Trinajstić information content (AvgIpc) is 3.06. The fourth-order valence-corrected chi connectivity index (χ4v) is 5.44. The summed E-state index contributed by atoms with van der Waals surface area (Å²) in [7, 11) is 0. The first-order chi connectivity index (χ1) is 22.1. The van der Waals surface area contributed by atoms with Crippen LogP contribution in [0, 0.1) is 5.82 Å². The van der Waals surface area contributed by atoms with Crippen LogP contribution in [0.5, 0.6) is 11.5 Å². The molecular weight excluding hydrogens is 563 g/mol. The van der Waals surface area contributed by atoms with Gasteiger partial charge in [-0.3, -0.25) is 0 Å². The van der Waals surface area contributed by atoms with Gasteiger partial charge in [-0.15, -0.1) is 0 Å². The Morgan fingerprint density at radius 2 is 1.11 bits per heavy atom. The maximum Gasteiger partial charge on any atom is 0.226 e. The summed E-state index contributed by atoms with van der Waals surface area (Å²) in [4.78, 5) is 0. The van der Waals surface area contributed by atoms with Crippen molar-refractivity contribution in [3.05, 3.63) is 72.5 Å². The zero-order chi connectivity index (χ0) is 32.1. The van der Waals surface area contributed by atoms with Gasteiger partial charge < -0.3 is 18.9 Å². The predicted molar refractivity (Wildman–Crippen MR) is 186 cm³/mol. The molecule has 3 rings (SSSR count). The first-order valence-electron chi connectivity index (χ1n) is 17.6. The van der Waals surface area contributed by atoms with E-state index in [2.05, 4.69) is 27.7 Å². The maximum atomic E-state index is 15.3. The summed E-state index contributed by atoms with van der Waals surface area (Å²) < 4.78 is 40.1. The molecule has 45 heavy (non-hydrogen) atoms. The first-order valence-corrected chi connectivity index (χ1v) is 17.6. The van der Waals surface area contributed by atoms with Crippen molar-refractivity contribution in [2.24, 2.45) is 0 Å². The lowest BCUT2D eigenvalue weighted by atomic mass is 9.94. The minimum Gasteiger partial charge on any atom is -0.494 e. The third kappa shape index (κ3) is 12.8. The molecular formula is C40H57FO4. The fraction of sp³-hybridized carbons (Fsp3) is 0.550. The van der Waals surface area contributed by atoms with Crippen molar-refractivity contribution >= 4 is 0 Å². The molecule has 0 fully saturated rings. The van der Waals surface area contributed by atoms with E-state index in [1.54, 1.807) is 6.07 Å². The Morgan fingerprint density at radius 1 is 0.556 bits per heavy atom. The van der Waals surface area contributed by atoms with Gasteiger partial charge in [0.05, 0.1) is 13.2 Å². The van der Waals surface area contributed by atoms with Crippen molar-refractivity contribution in [3.63, 3.8) is 0 Å². The van der Waals surface area contributed by atoms with Crippen molar-refractivity contribution in [2.75, 3.05) is 19.8 Å². The summed E-state index contributed by atoms with van der Waals surface area (Å²) in [5.74, 6) is 1.28. The molecule has 0 saturated heterocycles. The first kappa shape index (κ1) is 36.6. The van der Waals surface area contributed by atoms with Crippen molar-refractivity contribution in [2.45, 2.75) is 124 Å². The lowest BCUT2D eigenvalue weighted by Gasteiger charge is -2.27.